The summed E-state index contributed by atoms with van der Waals surface area (Å²) in [6, 6.07) is 7.66. The van der Waals surface area contributed by atoms with Gasteiger partial charge in [0.05, 0.1) is 21.5 Å². The zero-order valence-electron chi connectivity index (χ0n) is 13.2. The minimum Gasteiger partial charge on any atom is -0.332 e. The van der Waals surface area contributed by atoms with Crippen molar-refractivity contribution in [3.63, 3.8) is 0 Å². The molecule has 2 aromatic carbocycles. The molecule has 0 bridgehead atoms. The molecule has 0 fully saturated rings. The van der Waals surface area contributed by atoms with Crippen LogP contribution in [0.15, 0.2) is 36.4 Å². The van der Waals surface area contributed by atoms with Crippen LogP contribution in [-0.4, -0.2) is 20.9 Å². The van der Waals surface area contributed by atoms with E-state index >= 15 is 0 Å². The van der Waals surface area contributed by atoms with E-state index < -0.39 is 27.1 Å². The minimum absolute atomic E-state index is 0.0934. The lowest BCUT2D eigenvalue weighted by molar-refractivity contribution is -0.394. The third kappa shape index (κ3) is 4.71. The van der Waals surface area contributed by atoms with Gasteiger partial charge in [-0.05, 0) is 36.8 Å². The molecule has 9 nitrogen and oxygen atoms in total. The van der Waals surface area contributed by atoms with Crippen LogP contribution in [0.3, 0.4) is 0 Å². The van der Waals surface area contributed by atoms with E-state index in [0.717, 1.165) is 23.8 Å². The third-order valence-electron chi connectivity index (χ3n) is 3.24. The first kappa shape index (κ1) is 19.2. The maximum atomic E-state index is 12.2. The number of carbonyl (C=O) groups is 1. The van der Waals surface area contributed by atoms with E-state index in [9.17, 15) is 25.0 Å². The maximum Gasteiger partial charge on any atom is 0.277 e. The quantitative estimate of drug-likeness (QED) is 0.460. The Morgan fingerprint density at radius 3 is 2.15 bits per heavy atom. The zero-order valence-corrected chi connectivity index (χ0v) is 14.8. The van der Waals surface area contributed by atoms with Crippen molar-refractivity contribution in [1.29, 1.82) is 0 Å². The maximum absolute atomic E-state index is 12.2. The second-order valence-corrected chi connectivity index (χ2v) is 5.94. The van der Waals surface area contributed by atoms with Gasteiger partial charge in [0.2, 0.25) is 0 Å². The summed E-state index contributed by atoms with van der Waals surface area (Å²) < 4.78 is 0. The summed E-state index contributed by atoms with van der Waals surface area (Å²) in [6.07, 6.45) is 0. The normalized spacial score (nSPS) is 10.1. The van der Waals surface area contributed by atoms with Crippen molar-refractivity contribution in [2.75, 3.05) is 5.32 Å². The minimum atomic E-state index is -0.826. The number of hydrogen-bond donors (Lipinski definition) is 2. The molecule has 11 heteroatoms. The molecular formula is C15H11ClN4O5S. The van der Waals surface area contributed by atoms with Gasteiger partial charge in [-0.25, -0.2) is 0 Å². The van der Waals surface area contributed by atoms with Crippen molar-refractivity contribution in [3.8, 4) is 0 Å². The summed E-state index contributed by atoms with van der Waals surface area (Å²) in [4.78, 5) is 32.3. The monoisotopic (exact) mass is 394 g/mol. The number of amides is 1. The predicted molar refractivity (Wildman–Crippen MR) is 99.6 cm³/mol. The Hall–Kier alpha value is -3.11. The number of nitrogens with one attached hydrogen (secondary N) is 2. The molecule has 0 atom stereocenters. The summed E-state index contributed by atoms with van der Waals surface area (Å²) in [5.74, 6) is -0.826. The van der Waals surface area contributed by atoms with Gasteiger partial charge in [0, 0.05) is 22.8 Å². The molecule has 134 valence electrons. The van der Waals surface area contributed by atoms with Gasteiger partial charge < -0.3 is 5.32 Å². The van der Waals surface area contributed by atoms with Crippen LogP contribution >= 0.6 is 23.8 Å². The fraction of sp³-hybridized carbons (Fsp3) is 0.0667. The number of hydrogen-bond acceptors (Lipinski definition) is 6. The fourth-order valence-electron chi connectivity index (χ4n) is 1.95. The highest BCUT2D eigenvalue weighted by Crippen LogP contribution is 2.23. The van der Waals surface area contributed by atoms with E-state index in [4.69, 9.17) is 23.8 Å². The first-order valence-corrected chi connectivity index (χ1v) is 7.78. The van der Waals surface area contributed by atoms with Crippen molar-refractivity contribution >= 4 is 51.9 Å². The van der Waals surface area contributed by atoms with Crippen molar-refractivity contribution in [1.82, 2.24) is 5.32 Å². The number of halogens is 1. The molecule has 0 spiro atoms. The van der Waals surface area contributed by atoms with Crippen molar-refractivity contribution in [2.24, 2.45) is 0 Å². The number of benzene rings is 2. The SMILES string of the molecule is Cc1ccc(NC(=S)NC(=O)c2cc([N+](=O)[O-])cc([N+](=O)[O-])c2)cc1Cl. The first-order valence-electron chi connectivity index (χ1n) is 6.99. The molecule has 0 saturated heterocycles. The van der Waals surface area contributed by atoms with Gasteiger partial charge in [-0.3, -0.25) is 30.3 Å². The largest absolute Gasteiger partial charge is 0.332 e. The Kier molecular flexibility index (Phi) is 5.80. The molecule has 0 heterocycles. The Balaban J connectivity index is 2.18. The van der Waals surface area contributed by atoms with Crippen LogP contribution in [0.4, 0.5) is 17.1 Å². The molecule has 1 amide bonds. The van der Waals surface area contributed by atoms with E-state index in [-0.39, 0.29) is 10.7 Å². The van der Waals surface area contributed by atoms with Crippen molar-refractivity contribution < 1.29 is 14.6 Å². The summed E-state index contributed by atoms with van der Waals surface area (Å²) >= 11 is 11.0. The Bertz CT molecular complexity index is 902. The number of aryl methyl sites for hydroxylation is 1. The molecule has 26 heavy (non-hydrogen) atoms. The zero-order chi connectivity index (χ0) is 19.4. The highest BCUT2D eigenvalue weighted by Gasteiger charge is 2.20. The van der Waals surface area contributed by atoms with Gasteiger partial charge in [-0.1, -0.05) is 17.7 Å². The van der Waals surface area contributed by atoms with Gasteiger partial charge >= 0.3 is 0 Å². The van der Waals surface area contributed by atoms with Gasteiger partial charge in [0.15, 0.2) is 5.11 Å². The molecule has 2 N–H and O–H groups in total. The Morgan fingerprint density at radius 1 is 1.08 bits per heavy atom. The first-order chi connectivity index (χ1) is 12.2. The van der Waals surface area contributed by atoms with Gasteiger partial charge in [-0.2, -0.15) is 0 Å². The molecule has 2 rings (SSSR count). The van der Waals surface area contributed by atoms with Crippen LogP contribution in [0.25, 0.3) is 0 Å². The Labute approximate surface area is 157 Å². The highest BCUT2D eigenvalue weighted by molar-refractivity contribution is 7.80. The van der Waals surface area contributed by atoms with E-state index in [2.05, 4.69) is 10.6 Å². The third-order valence-corrected chi connectivity index (χ3v) is 3.85. The lowest BCUT2D eigenvalue weighted by Crippen LogP contribution is -2.34. The van der Waals surface area contributed by atoms with Crippen molar-refractivity contribution in [3.05, 3.63) is 72.8 Å². The summed E-state index contributed by atoms with van der Waals surface area (Å²) in [5, 5.41) is 27.2. The van der Waals surface area contributed by atoms with Crippen LogP contribution in [0, 0.1) is 27.2 Å². The average Bonchev–Trinajstić information content (AvgIpc) is 2.57. The van der Waals surface area contributed by atoms with Crippen LogP contribution in [0.5, 0.6) is 0 Å². The van der Waals surface area contributed by atoms with E-state index in [1.165, 1.54) is 0 Å². The van der Waals surface area contributed by atoms with Crippen LogP contribution < -0.4 is 10.6 Å². The van der Waals surface area contributed by atoms with E-state index in [1.54, 1.807) is 18.2 Å². The molecule has 0 aliphatic rings. The lowest BCUT2D eigenvalue weighted by atomic mass is 10.1. The summed E-state index contributed by atoms with van der Waals surface area (Å²) in [6.45, 7) is 1.82. The number of thiocarbonyl (C=S) groups is 1. The number of non-ortho nitro benzene ring substituents is 2. The number of carbonyl (C=O) groups excluding carboxylic acids is 1. The van der Waals surface area contributed by atoms with Crippen molar-refractivity contribution in [2.45, 2.75) is 6.92 Å². The number of rotatable bonds is 4. The number of anilines is 1. The Morgan fingerprint density at radius 2 is 1.65 bits per heavy atom. The van der Waals surface area contributed by atoms with Gasteiger partial charge in [0.25, 0.3) is 17.3 Å². The molecule has 0 unspecified atom stereocenters. The van der Waals surface area contributed by atoms with Gasteiger partial charge in [-0.15, -0.1) is 0 Å². The molecule has 0 aliphatic carbocycles. The topological polar surface area (TPSA) is 127 Å². The number of nitro benzene ring substituents is 2. The standard InChI is InChI=1S/C15H11ClN4O5S/c1-8-2-3-10(6-13(8)16)17-15(26)18-14(21)9-4-11(19(22)23)7-12(5-9)20(24)25/h2-7H,1H3,(H2,17,18,21,26). The number of nitro groups is 2. The molecular weight excluding hydrogens is 384 g/mol. The summed E-state index contributed by atoms with van der Waals surface area (Å²) in [7, 11) is 0. The van der Waals surface area contributed by atoms with Gasteiger partial charge in [0.1, 0.15) is 0 Å². The number of nitrogens with zero attached hydrogens (tertiary/aromatic N) is 2. The van der Waals surface area contributed by atoms with E-state index in [1.807, 2.05) is 6.92 Å². The highest BCUT2D eigenvalue weighted by atomic mass is 35.5. The molecule has 0 aromatic heterocycles. The van der Waals surface area contributed by atoms with Crippen LogP contribution in [0.2, 0.25) is 5.02 Å². The second kappa shape index (κ2) is 7.85. The smallest absolute Gasteiger partial charge is 0.277 e. The average molecular weight is 395 g/mol. The predicted octanol–water partition coefficient (Wildman–Crippen LogP) is 3.59. The molecule has 0 saturated carbocycles. The van der Waals surface area contributed by atoms with E-state index in [0.29, 0.717) is 10.7 Å². The molecule has 0 aliphatic heterocycles. The fourth-order valence-corrected chi connectivity index (χ4v) is 2.34. The van der Waals surface area contributed by atoms with Crippen LogP contribution in [-0.2, 0) is 0 Å². The summed E-state index contributed by atoms with van der Waals surface area (Å²) in [5.41, 5.74) is -0.0360. The second-order valence-electron chi connectivity index (χ2n) is 5.12. The molecule has 0 radical (unpaired) electrons. The molecule has 2 aromatic rings. The van der Waals surface area contributed by atoms with Crippen LogP contribution in [0.1, 0.15) is 15.9 Å². The lowest BCUT2D eigenvalue weighted by Gasteiger charge is -2.10.